The minimum atomic E-state index is -0.808. The molecule has 6 nitrogen and oxygen atoms in total. The normalized spacial score (nSPS) is 28.6. The number of aryl methyl sites for hydroxylation is 1. The van der Waals surface area contributed by atoms with Crippen LogP contribution in [0.5, 0.6) is 0 Å². The van der Waals surface area contributed by atoms with Crippen LogP contribution in [-0.4, -0.2) is 47.4 Å². The summed E-state index contributed by atoms with van der Waals surface area (Å²) in [7, 11) is 1.96. The largest absolute Gasteiger partial charge is 0.382 e. The van der Waals surface area contributed by atoms with E-state index in [1.165, 1.54) is 0 Å². The number of aliphatic hydroxyl groups is 1. The molecule has 26 heavy (non-hydrogen) atoms. The van der Waals surface area contributed by atoms with Crippen LogP contribution in [0.4, 0.5) is 0 Å². The number of imidazole rings is 1. The molecule has 2 aliphatic rings. The third-order valence-electron chi connectivity index (χ3n) is 5.64. The van der Waals surface area contributed by atoms with Crippen molar-refractivity contribution in [2.45, 2.75) is 68.4 Å². The van der Waals surface area contributed by atoms with Gasteiger partial charge in [-0.2, -0.15) is 0 Å². The second kappa shape index (κ2) is 7.29. The van der Waals surface area contributed by atoms with Gasteiger partial charge in [0.25, 0.3) is 0 Å². The van der Waals surface area contributed by atoms with Crippen LogP contribution >= 0.6 is 11.8 Å². The average molecular weight is 374 g/mol. The van der Waals surface area contributed by atoms with Crippen molar-refractivity contribution in [3.05, 3.63) is 36.2 Å². The Labute approximate surface area is 159 Å². The Bertz CT molecular complexity index is 733. The lowest BCUT2D eigenvalue weighted by molar-refractivity contribution is -0.0670. The molecule has 2 unspecified atom stereocenters. The number of hydrogen-bond donors (Lipinski definition) is 1. The van der Waals surface area contributed by atoms with Crippen LogP contribution in [0, 0.1) is 0 Å². The summed E-state index contributed by atoms with van der Waals surface area (Å²) in [6.45, 7) is 3.03. The molecular weight excluding hydrogens is 346 g/mol. The molecule has 2 aromatic rings. The first kappa shape index (κ1) is 17.9. The topological polar surface area (TPSA) is 67.1 Å². The molecule has 0 amide bonds. The molecule has 7 heteroatoms. The summed E-state index contributed by atoms with van der Waals surface area (Å²) in [5, 5.41) is 12.1. The molecule has 0 spiro atoms. The Balaban J connectivity index is 1.45. The molecule has 2 aromatic heterocycles. The lowest BCUT2D eigenvalue weighted by Gasteiger charge is -2.43. The van der Waals surface area contributed by atoms with Gasteiger partial charge in [0, 0.05) is 61.8 Å². The number of nitrogens with zero attached hydrogens (tertiary/aromatic N) is 5. The zero-order valence-corrected chi connectivity index (χ0v) is 16.3. The number of hydrogen-bond acceptors (Lipinski definition) is 6. The van der Waals surface area contributed by atoms with E-state index in [0.717, 1.165) is 60.9 Å². The second-order valence-corrected chi connectivity index (χ2v) is 8.64. The van der Waals surface area contributed by atoms with Crippen molar-refractivity contribution in [2.75, 3.05) is 5.75 Å². The Kier molecular flexibility index (Phi) is 5.03. The summed E-state index contributed by atoms with van der Waals surface area (Å²) >= 11 is 1.71. The highest BCUT2D eigenvalue weighted by molar-refractivity contribution is 7.99. The molecule has 0 saturated carbocycles. The first-order valence-electron chi connectivity index (χ1n) is 9.48. The van der Waals surface area contributed by atoms with Crippen LogP contribution < -0.4 is 0 Å². The van der Waals surface area contributed by atoms with Crippen LogP contribution in [0.1, 0.15) is 50.4 Å². The quantitative estimate of drug-likeness (QED) is 0.620. The molecular formula is C19H27N5OS. The van der Waals surface area contributed by atoms with E-state index >= 15 is 0 Å². The molecule has 4 rings (SSSR count). The van der Waals surface area contributed by atoms with E-state index in [1.807, 2.05) is 30.2 Å². The number of fused-ring (bicyclic) bond motifs is 2. The first-order chi connectivity index (χ1) is 12.6. The number of thioether (sulfide) groups is 1. The summed E-state index contributed by atoms with van der Waals surface area (Å²) in [6, 6.07) is 0.786. The lowest BCUT2D eigenvalue weighted by Crippen LogP contribution is -2.50. The maximum absolute atomic E-state index is 11.3. The van der Waals surface area contributed by atoms with E-state index in [2.05, 4.69) is 26.8 Å². The molecule has 2 bridgehead atoms. The second-order valence-electron chi connectivity index (χ2n) is 7.58. The summed E-state index contributed by atoms with van der Waals surface area (Å²) in [4.78, 5) is 16.0. The van der Waals surface area contributed by atoms with Gasteiger partial charge in [-0.3, -0.25) is 4.90 Å². The van der Waals surface area contributed by atoms with Crippen molar-refractivity contribution in [1.29, 1.82) is 0 Å². The maximum Gasteiger partial charge on any atom is 0.187 e. The lowest BCUT2D eigenvalue weighted by atomic mass is 9.85. The molecule has 1 N–H and O–H groups in total. The number of rotatable bonds is 6. The van der Waals surface area contributed by atoms with Gasteiger partial charge in [-0.1, -0.05) is 18.7 Å². The van der Waals surface area contributed by atoms with E-state index in [0.29, 0.717) is 12.1 Å². The zero-order chi connectivity index (χ0) is 18.1. The van der Waals surface area contributed by atoms with Gasteiger partial charge in [0.1, 0.15) is 11.4 Å². The van der Waals surface area contributed by atoms with Gasteiger partial charge < -0.3 is 9.67 Å². The van der Waals surface area contributed by atoms with Gasteiger partial charge in [0.05, 0.1) is 0 Å². The summed E-state index contributed by atoms with van der Waals surface area (Å²) < 4.78 is 1.95. The highest BCUT2D eigenvalue weighted by Gasteiger charge is 2.49. The minimum absolute atomic E-state index is 0.393. The molecule has 2 aliphatic heterocycles. The van der Waals surface area contributed by atoms with E-state index in [4.69, 9.17) is 0 Å². The third kappa shape index (κ3) is 3.40. The molecule has 0 aromatic carbocycles. The summed E-state index contributed by atoms with van der Waals surface area (Å²) in [6.07, 6.45) is 12.5. The van der Waals surface area contributed by atoms with Crippen molar-refractivity contribution in [3.8, 4) is 0 Å². The van der Waals surface area contributed by atoms with E-state index in [-0.39, 0.29) is 0 Å². The van der Waals surface area contributed by atoms with Gasteiger partial charge in [-0.25, -0.2) is 15.0 Å². The summed E-state index contributed by atoms with van der Waals surface area (Å²) in [5.74, 6) is 1.86. The van der Waals surface area contributed by atoms with Gasteiger partial charge >= 0.3 is 0 Å². The maximum atomic E-state index is 11.3. The first-order valence-corrected chi connectivity index (χ1v) is 10.5. The summed E-state index contributed by atoms with van der Waals surface area (Å²) in [5.41, 5.74) is 0.350. The van der Waals surface area contributed by atoms with Gasteiger partial charge in [0.15, 0.2) is 5.16 Å². The van der Waals surface area contributed by atoms with Crippen molar-refractivity contribution in [2.24, 2.45) is 7.05 Å². The Hall–Kier alpha value is -1.44. The number of piperidine rings is 1. The standard InChI is InChI=1S/C19H27N5OS/c1-3-8-26-18-21-11-14(12-22-18)13-24-15-4-5-16(24)10-19(25,9-15)17-20-6-7-23(17)2/h6-7,11-12,15-16,25H,3-5,8-10,13H2,1-2H3. The zero-order valence-electron chi connectivity index (χ0n) is 15.5. The predicted octanol–water partition coefficient (Wildman–Crippen LogP) is 2.73. The van der Waals surface area contributed by atoms with Gasteiger partial charge in [-0.15, -0.1) is 0 Å². The van der Waals surface area contributed by atoms with Gasteiger partial charge in [0.2, 0.25) is 0 Å². The minimum Gasteiger partial charge on any atom is -0.382 e. The molecule has 140 valence electrons. The molecule has 2 atom stereocenters. The average Bonchev–Trinajstić information content (AvgIpc) is 3.17. The van der Waals surface area contributed by atoms with Gasteiger partial charge in [-0.05, 0) is 32.1 Å². The Morgan fingerprint density at radius 3 is 2.46 bits per heavy atom. The molecule has 4 heterocycles. The van der Waals surface area contributed by atoms with Crippen LogP contribution in [0.3, 0.4) is 0 Å². The monoisotopic (exact) mass is 373 g/mol. The van der Waals surface area contributed by atoms with Crippen LogP contribution in [-0.2, 0) is 19.2 Å². The third-order valence-corrected chi connectivity index (χ3v) is 6.72. The van der Waals surface area contributed by atoms with Crippen molar-refractivity contribution in [1.82, 2.24) is 24.4 Å². The SMILES string of the molecule is CCCSc1ncc(CN2C3CCC2CC(O)(c2nccn2C)C3)cn1. The van der Waals surface area contributed by atoms with E-state index in [1.54, 1.807) is 18.0 Å². The van der Waals surface area contributed by atoms with Crippen molar-refractivity contribution < 1.29 is 5.11 Å². The fourth-order valence-electron chi connectivity index (χ4n) is 4.47. The smallest absolute Gasteiger partial charge is 0.187 e. The fourth-order valence-corrected chi connectivity index (χ4v) is 5.12. The molecule has 2 fully saturated rings. The molecule has 2 saturated heterocycles. The van der Waals surface area contributed by atoms with Crippen LogP contribution in [0.15, 0.2) is 29.9 Å². The van der Waals surface area contributed by atoms with Crippen molar-refractivity contribution >= 4 is 11.8 Å². The van der Waals surface area contributed by atoms with E-state index < -0.39 is 5.60 Å². The highest BCUT2D eigenvalue weighted by Crippen LogP contribution is 2.45. The highest BCUT2D eigenvalue weighted by atomic mass is 32.2. The Morgan fingerprint density at radius 2 is 1.88 bits per heavy atom. The Morgan fingerprint density at radius 1 is 1.19 bits per heavy atom. The number of aromatic nitrogens is 4. The van der Waals surface area contributed by atoms with Crippen molar-refractivity contribution in [3.63, 3.8) is 0 Å². The molecule has 0 radical (unpaired) electrons. The van der Waals surface area contributed by atoms with Crippen LogP contribution in [0.25, 0.3) is 0 Å². The van der Waals surface area contributed by atoms with E-state index in [9.17, 15) is 5.11 Å². The fraction of sp³-hybridized carbons (Fsp3) is 0.632. The predicted molar refractivity (Wildman–Crippen MR) is 102 cm³/mol. The van der Waals surface area contributed by atoms with Crippen LogP contribution in [0.2, 0.25) is 0 Å². The molecule has 0 aliphatic carbocycles.